The molecular weight excluding hydrogens is 667 g/mol. The van der Waals surface area contributed by atoms with E-state index in [1.54, 1.807) is 25.7 Å². The predicted molar refractivity (Wildman–Crippen MR) is 186 cm³/mol. The number of nitrogens with one attached hydrogen (secondary N) is 1. The van der Waals surface area contributed by atoms with E-state index < -0.39 is 77.3 Å². The number of carbonyl (C=O) groups excluding carboxylic acids is 3. The Morgan fingerprint density at radius 3 is 2.41 bits per heavy atom. The molecule has 292 valence electrons. The summed E-state index contributed by atoms with van der Waals surface area (Å²) in [7, 11) is 5.17. The number of aliphatic hydroxyl groups excluding tert-OH is 1. The third-order valence-electron chi connectivity index (χ3n) is 11.0. The van der Waals surface area contributed by atoms with Crippen molar-refractivity contribution in [1.82, 2.24) is 15.1 Å². The van der Waals surface area contributed by atoms with Crippen molar-refractivity contribution in [3.63, 3.8) is 0 Å². The van der Waals surface area contributed by atoms with Gasteiger partial charge in [-0.1, -0.05) is 25.9 Å². The van der Waals surface area contributed by atoms with Crippen molar-refractivity contribution in [2.45, 2.75) is 153 Å². The molecule has 0 saturated carbocycles. The number of rotatable bonds is 10. The Morgan fingerprint density at radius 1 is 1.16 bits per heavy atom. The molecule has 3 rings (SSSR count). The molecule has 3 fully saturated rings. The topological polar surface area (TPSA) is 185 Å². The Hall–Kier alpha value is -2.59. The number of amides is 1. The Bertz CT molecular complexity index is 1270. The molecule has 0 aromatic heterocycles. The van der Waals surface area contributed by atoms with Crippen LogP contribution in [0.1, 0.15) is 87.5 Å². The SMILES string of the molecule is CC[C@H]1OC(=O)[C@@](C)(F)C(=O)[C@H](C)[C@@H](O[C@@H]2OC(C)CC(N(C)C)C2O)[C@](C)(OC)C[C@@H](C)CN[C@H](C)[C@H]2N(CCCCN=[N+]=[N-])C(=O)O[C@]12C. The molecular formula is C35H61FN6O9. The molecule has 1 amide bonds. The number of nitrogens with zero attached hydrogens (tertiary/aromatic N) is 5. The van der Waals surface area contributed by atoms with Crippen molar-refractivity contribution in [2.24, 2.45) is 17.0 Å². The van der Waals surface area contributed by atoms with Crippen LogP contribution in [0.3, 0.4) is 0 Å². The van der Waals surface area contributed by atoms with Crippen LogP contribution in [0.4, 0.5) is 9.18 Å². The fourth-order valence-corrected chi connectivity index (χ4v) is 8.17. The summed E-state index contributed by atoms with van der Waals surface area (Å²) in [6.07, 6.45) is -3.32. The first kappa shape index (κ1) is 42.8. The second-order valence-electron chi connectivity index (χ2n) is 15.5. The van der Waals surface area contributed by atoms with E-state index in [9.17, 15) is 19.5 Å². The third-order valence-corrected chi connectivity index (χ3v) is 11.0. The number of Topliss-reactive ketones (excluding diaryl/α,β-unsaturated/α-hetero) is 1. The Balaban J connectivity index is 2.07. The lowest BCUT2D eigenvalue weighted by Gasteiger charge is -2.47. The van der Waals surface area contributed by atoms with Gasteiger partial charge >= 0.3 is 12.1 Å². The molecule has 0 spiro atoms. The maximum Gasteiger partial charge on any atom is 0.410 e. The largest absolute Gasteiger partial charge is 0.455 e. The van der Waals surface area contributed by atoms with Crippen LogP contribution in [0.5, 0.6) is 0 Å². The number of hydrogen-bond donors (Lipinski definition) is 2. The highest BCUT2D eigenvalue weighted by Gasteiger charge is 2.60. The molecule has 2 N–H and O–H groups in total. The van der Waals surface area contributed by atoms with Gasteiger partial charge in [-0.15, -0.1) is 0 Å². The van der Waals surface area contributed by atoms with Gasteiger partial charge in [0.2, 0.25) is 0 Å². The lowest BCUT2D eigenvalue weighted by molar-refractivity contribution is -0.295. The fraction of sp³-hybridized carbons (Fsp3) is 0.914. The van der Waals surface area contributed by atoms with Crippen LogP contribution in [0.15, 0.2) is 5.11 Å². The van der Waals surface area contributed by atoms with Gasteiger partial charge in [0.05, 0.1) is 23.9 Å². The fourth-order valence-electron chi connectivity index (χ4n) is 8.17. The second kappa shape index (κ2) is 17.5. The molecule has 0 bridgehead atoms. The normalized spacial score (nSPS) is 41.6. The quantitative estimate of drug-likeness (QED) is 0.0823. The first-order valence-electron chi connectivity index (χ1n) is 18.2. The number of esters is 1. The number of carbonyl (C=O) groups is 3. The third kappa shape index (κ3) is 9.32. The number of fused-ring (bicyclic) bond motifs is 1. The number of ether oxygens (including phenoxy) is 5. The number of cyclic esters (lactones) is 1. The number of ketones is 1. The number of hydrogen-bond acceptors (Lipinski definition) is 12. The van der Waals surface area contributed by atoms with Crippen molar-refractivity contribution in [3.05, 3.63) is 10.4 Å². The van der Waals surface area contributed by atoms with E-state index >= 15 is 4.39 Å². The molecule has 3 unspecified atom stereocenters. The highest BCUT2D eigenvalue weighted by molar-refractivity contribution is 6.07. The van der Waals surface area contributed by atoms with Crippen LogP contribution in [0, 0.1) is 11.8 Å². The predicted octanol–water partition coefficient (Wildman–Crippen LogP) is 4.15. The smallest absolute Gasteiger partial charge is 0.410 e. The molecule has 3 saturated heterocycles. The standard InChI is InChI=1S/C35H61FN6O9/c1-12-25-35(8)27(42(32(46)51-35)16-14-13-15-39-40-37)23(5)38-19-20(2)18-33(6,47-11)29(22(4)28(44)34(7,36)31(45)49-25)50-30-26(43)24(41(9)10)17-21(3)48-30/h20-27,29-30,38,43H,12-19H2,1-11H3/t20-,21?,22+,23-,24?,25-,26?,27-,29-,30+,33-,34+,35-/m1/s1. The molecule has 13 atom stereocenters. The van der Waals surface area contributed by atoms with Crippen LogP contribution in [0.2, 0.25) is 0 Å². The van der Waals surface area contributed by atoms with Gasteiger partial charge in [-0.3, -0.25) is 9.69 Å². The van der Waals surface area contributed by atoms with E-state index in [1.165, 1.54) is 14.0 Å². The molecule has 3 aliphatic heterocycles. The van der Waals surface area contributed by atoms with Crippen molar-refractivity contribution in [2.75, 3.05) is 40.8 Å². The molecule has 0 aromatic rings. The maximum absolute atomic E-state index is 16.8. The molecule has 0 aliphatic carbocycles. The number of halogens is 1. The minimum Gasteiger partial charge on any atom is -0.455 e. The Labute approximate surface area is 301 Å². The van der Waals surface area contributed by atoms with Crippen LogP contribution in [-0.4, -0.2) is 139 Å². The van der Waals surface area contributed by atoms with Crippen molar-refractivity contribution in [1.29, 1.82) is 0 Å². The first-order valence-corrected chi connectivity index (χ1v) is 18.2. The molecule has 0 aromatic carbocycles. The molecule has 0 radical (unpaired) electrons. The summed E-state index contributed by atoms with van der Waals surface area (Å²) in [5, 5.41) is 18.5. The monoisotopic (exact) mass is 728 g/mol. The molecule has 3 heterocycles. The number of aliphatic hydroxyl groups is 1. The summed E-state index contributed by atoms with van der Waals surface area (Å²) >= 11 is 0. The Morgan fingerprint density at radius 2 is 1.82 bits per heavy atom. The van der Waals surface area contributed by atoms with E-state index in [0.717, 1.165) is 6.92 Å². The zero-order valence-electron chi connectivity index (χ0n) is 32.3. The maximum atomic E-state index is 16.8. The molecule has 3 aliphatic rings. The van der Waals surface area contributed by atoms with Gasteiger partial charge < -0.3 is 39.0 Å². The van der Waals surface area contributed by atoms with Gasteiger partial charge in [-0.25, -0.2) is 14.0 Å². The zero-order valence-corrected chi connectivity index (χ0v) is 32.3. The molecule has 16 heteroatoms. The minimum absolute atomic E-state index is 0.111. The van der Waals surface area contributed by atoms with E-state index in [4.69, 9.17) is 29.2 Å². The lowest BCUT2D eigenvalue weighted by Crippen LogP contribution is -2.61. The van der Waals surface area contributed by atoms with Crippen LogP contribution < -0.4 is 5.32 Å². The highest BCUT2D eigenvalue weighted by atomic mass is 19.1. The number of likely N-dealkylation sites (N-methyl/N-ethyl adjacent to an activating group) is 1. The second-order valence-corrected chi connectivity index (χ2v) is 15.5. The lowest BCUT2D eigenvalue weighted by atomic mass is 9.78. The van der Waals surface area contributed by atoms with Gasteiger partial charge in [0, 0.05) is 43.1 Å². The molecule has 15 nitrogen and oxygen atoms in total. The summed E-state index contributed by atoms with van der Waals surface area (Å²) < 4.78 is 47.2. The van der Waals surface area contributed by atoms with E-state index in [0.29, 0.717) is 32.2 Å². The highest BCUT2D eigenvalue weighted by Crippen LogP contribution is 2.41. The van der Waals surface area contributed by atoms with Crippen molar-refractivity contribution >= 4 is 17.8 Å². The number of unbranched alkanes of at least 4 members (excludes halogenated alkanes) is 1. The average molecular weight is 729 g/mol. The van der Waals surface area contributed by atoms with E-state index in [2.05, 4.69) is 15.3 Å². The zero-order chi connectivity index (χ0) is 38.5. The number of alkyl halides is 1. The summed E-state index contributed by atoms with van der Waals surface area (Å²) in [6.45, 7) is 14.3. The van der Waals surface area contributed by atoms with Crippen molar-refractivity contribution in [3.8, 4) is 0 Å². The van der Waals surface area contributed by atoms with Gasteiger partial charge in [0.25, 0.3) is 5.67 Å². The molecule has 51 heavy (non-hydrogen) atoms. The Kier molecular flexibility index (Phi) is 14.7. The number of azide groups is 1. The van der Waals surface area contributed by atoms with E-state index in [-0.39, 0.29) is 37.6 Å². The van der Waals surface area contributed by atoms with Gasteiger partial charge in [0.15, 0.2) is 17.7 Å². The van der Waals surface area contributed by atoms with Crippen LogP contribution in [-0.2, 0) is 33.3 Å². The van der Waals surface area contributed by atoms with Crippen LogP contribution >= 0.6 is 0 Å². The summed E-state index contributed by atoms with van der Waals surface area (Å²) in [5.74, 6) is -3.87. The number of methoxy groups -OCH3 is 1. The van der Waals surface area contributed by atoms with Crippen LogP contribution in [0.25, 0.3) is 10.4 Å². The van der Waals surface area contributed by atoms with Gasteiger partial charge in [0.1, 0.15) is 12.2 Å². The van der Waals surface area contributed by atoms with Gasteiger partial charge in [-0.05, 0) is 98.8 Å². The van der Waals surface area contributed by atoms with Gasteiger partial charge in [-0.2, -0.15) is 0 Å². The summed E-state index contributed by atoms with van der Waals surface area (Å²) in [5.41, 5.74) is 2.89. The summed E-state index contributed by atoms with van der Waals surface area (Å²) in [6, 6.07) is -1.35. The minimum atomic E-state index is -3.13. The first-order chi connectivity index (χ1) is 23.8. The van der Waals surface area contributed by atoms with Crippen molar-refractivity contribution < 1.29 is 47.6 Å². The average Bonchev–Trinajstić information content (AvgIpc) is 3.33. The summed E-state index contributed by atoms with van der Waals surface area (Å²) in [4.78, 5) is 47.6. The van der Waals surface area contributed by atoms with E-state index in [1.807, 2.05) is 39.8 Å².